The first-order chi connectivity index (χ1) is 10.5. The molecule has 5 nitrogen and oxygen atoms in total. The van der Waals surface area contributed by atoms with Crippen LogP contribution in [0.5, 0.6) is 0 Å². The smallest absolute Gasteiger partial charge is 0.242 e. The summed E-state index contributed by atoms with van der Waals surface area (Å²) in [7, 11) is -1.59. The average molecular weight is 321 g/mol. The number of fused-ring (bicyclic) bond motifs is 1. The molecule has 22 heavy (non-hydrogen) atoms. The van der Waals surface area contributed by atoms with E-state index in [0.29, 0.717) is 17.4 Å². The van der Waals surface area contributed by atoms with Gasteiger partial charge in [-0.05, 0) is 44.8 Å². The predicted molar refractivity (Wildman–Crippen MR) is 88.4 cm³/mol. The topological polar surface area (TPSA) is 63.1 Å². The second-order valence-corrected chi connectivity index (χ2v) is 7.76. The number of hydrogen-bond donors (Lipinski definition) is 2. The fourth-order valence-electron chi connectivity index (χ4n) is 3.22. The van der Waals surface area contributed by atoms with E-state index < -0.39 is 10.0 Å². The maximum absolute atomic E-state index is 12.8. The molecule has 2 N–H and O–H groups in total. The summed E-state index contributed by atoms with van der Waals surface area (Å²) in [6.45, 7) is 4.28. The lowest BCUT2D eigenvalue weighted by atomic mass is 10.0. The summed E-state index contributed by atoms with van der Waals surface area (Å²) in [6.07, 6.45) is 2.18. The van der Waals surface area contributed by atoms with E-state index in [-0.39, 0.29) is 0 Å². The van der Waals surface area contributed by atoms with Crippen molar-refractivity contribution in [2.24, 2.45) is 13.0 Å². The fraction of sp³-hybridized carbons (Fsp3) is 0.500. The number of nitrogens with zero attached hydrogens (tertiary/aromatic N) is 1. The molecule has 1 saturated heterocycles. The minimum absolute atomic E-state index is 0.374. The third-order valence-electron chi connectivity index (χ3n) is 4.57. The molecule has 0 amide bonds. The summed E-state index contributed by atoms with van der Waals surface area (Å²) < 4.78 is 30.3. The molecule has 1 unspecified atom stereocenters. The average Bonchev–Trinajstić information content (AvgIpc) is 2.79. The number of rotatable bonds is 4. The number of aromatic nitrogens is 1. The Morgan fingerprint density at radius 2 is 2.14 bits per heavy atom. The van der Waals surface area contributed by atoms with Gasteiger partial charge in [0.2, 0.25) is 10.0 Å². The summed E-state index contributed by atoms with van der Waals surface area (Å²) >= 11 is 0. The fourth-order valence-corrected chi connectivity index (χ4v) is 4.81. The molecule has 2 heterocycles. The van der Waals surface area contributed by atoms with Crippen LogP contribution in [-0.4, -0.2) is 32.6 Å². The quantitative estimate of drug-likeness (QED) is 0.902. The van der Waals surface area contributed by atoms with Crippen molar-refractivity contribution in [3.8, 4) is 0 Å². The van der Waals surface area contributed by atoms with E-state index in [1.54, 1.807) is 0 Å². The summed E-state index contributed by atoms with van der Waals surface area (Å²) in [5, 5.41) is 4.11. The van der Waals surface area contributed by atoms with E-state index in [1.165, 1.54) is 0 Å². The molecule has 1 aromatic heterocycles. The molecule has 0 bridgehead atoms. The van der Waals surface area contributed by atoms with Gasteiger partial charge in [0.15, 0.2) is 0 Å². The van der Waals surface area contributed by atoms with Crippen LogP contribution in [-0.2, 0) is 17.1 Å². The van der Waals surface area contributed by atoms with Crippen molar-refractivity contribution in [2.75, 3.05) is 19.6 Å². The largest absolute Gasteiger partial charge is 0.347 e. The highest BCUT2D eigenvalue weighted by atomic mass is 32.2. The summed E-state index contributed by atoms with van der Waals surface area (Å²) in [4.78, 5) is 0.411. The van der Waals surface area contributed by atoms with Crippen LogP contribution in [0.1, 0.15) is 18.5 Å². The number of benzene rings is 1. The minimum atomic E-state index is -3.49. The Kier molecular flexibility index (Phi) is 4.25. The molecule has 0 saturated carbocycles. The number of hydrogen-bond acceptors (Lipinski definition) is 3. The number of nitrogens with one attached hydrogen (secondary N) is 2. The van der Waals surface area contributed by atoms with Crippen LogP contribution in [0, 0.1) is 12.8 Å². The Bertz CT molecular complexity index is 774. The van der Waals surface area contributed by atoms with Crippen molar-refractivity contribution in [3.63, 3.8) is 0 Å². The van der Waals surface area contributed by atoms with Crippen molar-refractivity contribution in [1.82, 2.24) is 14.6 Å². The van der Waals surface area contributed by atoms with Gasteiger partial charge in [0.1, 0.15) is 4.90 Å². The highest BCUT2D eigenvalue weighted by Crippen LogP contribution is 2.28. The van der Waals surface area contributed by atoms with E-state index in [4.69, 9.17) is 0 Å². The monoisotopic (exact) mass is 321 g/mol. The van der Waals surface area contributed by atoms with Crippen molar-refractivity contribution in [3.05, 3.63) is 30.0 Å². The molecule has 1 aliphatic heterocycles. The van der Waals surface area contributed by atoms with E-state index >= 15 is 0 Å². The maximum Gasteiger partial charge on any atom is 0.242 e. The van der Waals surface area contributed by atoms with Crippen LogP contribution >= 0.6 is 0 Å². The normalized spacial score (nSPS) is 19.6. The minimum Gasteiger partial charge on any atom is -0.347 e. The van der Waals surface area contributed by atoms with Crippen molar-refractivity contribution in [2.45, 2.75) is 24.7 Å². The molecule has 2 aromatic rings. The molecule has 1 aromatic carbocycles. The van der Waals surface area contributed by atoms with Crippen LogP contribution in [0.15, 0.2) is 29.2 Å². The lowest BCUT2D eigenvalue weighted by Gasteiger charge is -2.22. The third-order valence-corrected chi connectivity index (χ3v) is 6.17. The molecule has 0 radical (unpaired) electrons. The molecule has 3 rings (SSSR count). The maximum atomic E-state index is 12.8. The summed E-state index contributed by atoms with van der Waals surface area (Å²) in [5.74, 6) is 0.374. The van der Waals surface area contributed by atoms with Gasteiger partial charge in [-0.1, -0.05) is 18.2 Å². The summed E-state index contributed by atoms with van der Waals surface area (Å²) in [6, 6.07) is 7.64. The van der Waals surface area contributed by atoms with Gasteiger partial charge in [-0.25, -0.2) is 13.1 Å². The van der Waals surface area contributed by atoms with Crippen molar-refractivity contribution in [1.29, 1.82) is 0 Å². The van der Waals surface area contributed by atoms with Gasteiger partial charge >= 0.3 is 0 Å². The third kappa shape index (κ3) is 2.78. The highest BCUT2D eigenvalue weighted by molar-refractivity contribution is 7.89. The molecule has 1 aliphatic rings. The van der Waals surface area contributed by atoms with Gasteiger partial charge in [0, 0.05) is 30.2 Å². The molecule has 120 valence electrons. The zero-order chi connectivity index (χ0) is 15.7. The van der Waals surface area contributed by atoms with E-state index in [0.717, 1.165) is 42.5 Å². The zero-order valence-corrected chi connectivity index (χ0v) is 13.9. The van der Waals surface area contributed by atoms with Crippen LogP contribution < -0.4 is 10.0 Å². The first kappa shape index (κ1) is 15.5. The first-order valence-corrected chi connectivity index (χ1v) is 9.23. The lowest BCUT2D eigenvalue weighted by molar-refractivity contribution is 0.376. The Labute approximate surface area is 131 Å². The van der Waals surface area contributed by atoms with Gasteiger partial charge < -0.3 is 9.88 Å². The number of aryl methyl sites for hydroxylation is 1. The van der Waals surface area contributed by atoms with Crippen LogP contribution in [0.25, 0.3) is 10.9 Å². The van der Waals surface area contributed by atoms with Gasteiger partial charge in [0.05, 0.1) is 0 Å². The number of sulfonamides is 1. The molecule has 0 aliphatic carbocycles. The van der Waals surface area contributed by atoms with Crippen LogP contribution in [0.4, 0.5) is 0 Å². The van der Waals surface area contributed by atoms with E-state index in [9.17, 15) is 8.42 Å². The first-order valence-electron chi connectivity index (χ1n) is 7.75. The number of piperidine rings is 1. The highest BCUT2D eigenvalue weighted by Gasteiger charge is 2.25. The zero-order valence-electron chi connectivity index (χ0n) is 13.1. The predicted octanol–water partition coefficient (Wildman–Crippen LogP) is 1.76. The van der Waals surface area contributed by atoms with Gasteiger partial charge in [-0.3, -0.25) is 0 Å². The van der Waals surface area contributed by atoms with E-state index in [1.807, 2.05) is 42.8 Å². The molecule has 6 heteroatoms. The molecule has 1 atom stereocenters. The van der Waals surface area contributed by atoms with Crippen molar-refractivity contribution < 1.29 is 8.42 Å². The SMILES string of the molecule is Cc1c(S(=O)(=O)NCC2CCCNC2)c2ccccc2n1C. The lowest BCUT2D eigenvalue weighted by Crippen LogP contribution is -2.38. The van der Waals surface area contributed by atoms with Crippen molar-refractivity contribution >= 4 is 20.9 Å². The molecule has 0 spiro atoms. The van der Waals surface area contributed by atoms with E-state index in [2.05, 4.69) is 10.0 Å². The number of para-hydroxylation sites is 1. The Morgan fingerprint density at radius 1 is 1.36 bits per heavy atom. The van der Waals surface area contributed by atoms with Crippen LogP contribution in [0.2, 0.25) is 0 Å². The van der Waals surface area contributed by atoms with Gasteiger partial charge in [0.25, 0.3) is 0 Å². The van der Waals surface area contributed by atoms with Gasteiger partial charge in [-0.2, -0.15) is 0 Å². The van der Waals surface area contributed by atoms with Gasteiger partial charge in [-0.15, -0.1) is 0 Å². The molecule has 1 fully saturated rings. The second kappa shape index (κ2) is 6.02. The standard InChI is InChI=1S/C16H23N3O2S/c1-12-16(14-7-3-4-8-15(14)19(12)2)22(20,21)18-11-13-6-5-9-17-10-13/h3-4,7-8,13,17-18H,5-6,9-11H2,1-2H3. The summed E-state index contributed by atoms with van der Waals surface area (Å²) in [5.41, 5.74) is 1.72. The van der Waals surface area contributed by atoms with Crippen LogP contribution in [0.3, 0.4) is 0 Å². The Morgan fingerprint density at radius 3 is 2.86 bits per heavy atom. The Hall–Kier alpha value is -1.37. The Balaban J connectivity index is 1.90. The second-order valence-electron chi connectivity index (χ2n) is 6.05. The molecular formula is C16H23N3O2S. The molecular weight excluding hydrogens is 298 g/mol.